The molecule has 6 heteroatoms. The van der Waals surface area contributed by atoms with Crippen LogP contribution < -0.4 is 5.73 Å². The summed E-state index contributed by atoms with van der Waals surface area (Å²) in [7, 11) is 0. The van der Waals surface area contributed by atoms with Crippen LogP contribution in [-0.4, -0.2) is 40.5 Å². The van der Waals surface area contributed by atoms with E-state index in [0.717, 1.165) is 12.0 Å². The van der Waals surface area contributed by atoms with E-state index in [4.69, 9.17) is 10.8 Å². The molecule has 0 spiro atoms. The zero-order valence-corrected chi connectivity index (χ0v) is 11.9. The minimum Gasteiger partial charge on any atom is -0.480 e. The Morgan fingerprint density at radius 2 is 2.00 bits per heavy atom. The number of nitrogens with two attached hydrogens (primary N) is 1. The first-order valence-electron chi connectivity index (χ1n) is 6.42. The first-order valence-corrected chi connectivity index (χ1v) is 6.42. The van der Waals surface area contributed by atoms with Gasteiger partial charge in [0.25, 0.3) is 0 Å². The maximum absolute atomic E-state index is 12.2. The van der Waals surface area contributed by atoms with Gasteiger partial charge < -0.3 is 15.7 Å². The smallest absolute Gasteiger partial charge is 0.326 e. The van der Waals surface area contributed by atoms with Gasteiger partial charge in [-0.05, 0) is 24.8 Å². The topological polar surface area (TPSA) is 83.6 Å². The van der Waals surface area contributed by atoms with Gasteiger partial charge in [0.15, 0.2) is 0 Å². The van der Waals surface area contributed by atoms with E-state index in [1.807, 2.05) is 30.3 Å². The van der Waals surface area contributed by atoms with Crippen molar-refractivity contribution in [3.8, 4) is 0 Å². The van der Waals surface area contributed by atoms with E-state index >= 15 is 0 Å². The van der Waals surface area contributed by atoms with Gasteiger partial charge in [-0.3, -0.25) is 4.79 Å². The second kappa shape index (κ2) is 7.43. The maximum atomic E-state index is 12.2. The predicted octanol–water partition coefficient (Wildman–Crippen LogP) is 0.629. The number of aliphatic carboxylic acids is 1. The number of carboxylic acids is 1. The predicted molar refractivity (Wildman–Crippen MR) is 70.5 cm³/mol. The largest absolute Gasteiger partial charge is 0.480 e. The second-order valence-corrected chi connectivity index (χ2v) is 4.82. The Bertz CT molecular complexity index is 467. The summed E-state index contributed by atoms with van der Waals surface area (Å²) in [6, 6.07) is 8.11. The summed E-state index contributed by atoms with van der Waals surface area (Å²) in [6.45, 7) is 0.484. The van der Waals surface area contributed by atoms with Crippen LogP contribution in [0, 0.1) is 0 Å². The van der Waals surface area contributed by atoms with Crippen molar-refractivity contribution in [3.63, 3.8) is 0 Å². The first kappa shape index (κ1) is 16.7. The van der Waals surface area contributed by atoms with E-state index < -0.39 is 18.1 Å². The number of likely N-dealkylation sites (tertiary alicyclic amines) is 1. The molecule has 0 aromatic heterocycles. The van der Waals surface area contributed by atoms with Crippen LogP contribution in [-0.2, 0) is 33.1 Å². The molecule has 1 saturated heterocycles. The SMILES string of the molecule is NC(Cc1ccccc1)C(=O)N1CCCC1C(=O)O.[Cu]. The van der Waals surface area contributed by atoms with Gasteiger partial charge in [-0.1, -0.05) is 30.3 Å². The molecule has 1 aliphatic heterocycles. The number of amides is 1. The van der Waals surface area contributed by atoms with Crippen LogP contribution in [0.5, 0.6) is 0 Å². The Hall–Kier alpha value is -1.36. The van der Waals surface area contributed by atoms with Crippen molar-refractivity contribution >= 4 is 11.9 Å². The van der Waals surface area contributed by atoms with Crippen molar-refractivity contribution in [1.29, 1.82) is 0 Å². The van der Waals surface area contributed by atoms with Gasteiger partial charge in [0.05, 0.1) is 6.04 Å². The Labute approximate surface area is 128 Å². The van der Waals surface area contributed by atoms with Gasteiger partial charge in [0, 0.05) is 23.6 Å². The standard InChI is InChI=1S/C14H18N2O3.Cu/c15-11(9-10-5-2-1-3-6-10)13(17)16-8-4-7-12(16)14(18)19;/h1-3,5-6,11-12H,4,7-9,15H2,(H,18,19);. The molecule has 1 heterocycles. The molecule has 2 rings (SSSR count). The molecule has 20 heavy (non-hydrogen) atoms. The van der Waals surface area contributed by atoms with Gasteiger partial charge in [-0.15, -0.1) is 0 Å². The van der Waals surface area contributed by atoms with Gasteiger partial charge >= 0.3 is 5.97 Å². The minimum absolute atomic E-state index is 0. The van der Waals surface area contributed by atoms with E-state index in [2.05, 4.69) is 0 Å². The first-order chi connectivity index (χ1) is 9.09. The van der Waals surface area contributed by atoms with E-state index in [1.165, 1.54) is 4.90 Å². The summed E-state index contributed by atoms with van der Waals surface area (Å²) in [5, 5.41) is 9.07. The van der Waals surface area contributed by atoms with Crippen LogP contribution in [0.4, 0.5) is 0 Å². The average Bonchev–Trinajstić information content (AvgIpc) is 2.88. The zero-order valence-electron chi connectivity index (χ0n) is 11.0. The van der Waals surface area contributed by atoms with Gasteiger partial charge in [0.1, 0.15) is 6.04 Å². The fourth-order valence-corrected chi connectivity index (χ4v) is 2.46. The Morgan fingerprint density at radius 1 is 1.35 bits per heavy atom. The Kier molecular flexibility index (Phi) is 6.20. The molecule has 1 amide bonds. The molecule has 2 atom stereocenters. The van der Waals surface area contributed by atoms with Crippen LogP contribution in [0.25, 0.3) is 0 Å². The molecule has 1 aliphatic rings. The fourth-order valence-electron chi connectivity index (χ4n) is 2.46. The van der Waals surface area contributed by atoms with Crippen LogP contribution in [0.2, 0.25) is 0 Å². The number of hydrogen-bond acceptors (Lipinski definition) is 3. The minimum atomic E-state index is -0.947. The molecule has 113 valence electrons. The molecule has 3 N–H and O–H groups in total. The quantitative estimate of drug-likeness (QED) is 0.795. The van der Waals surface area contributed by atoms with Crippen molar-refractivity contribution < 1.29 is 31.8 Å². The third-order valence-corrected chi connectivity index (χ3v) is 3.44. The molecule has 0 bridgehead atoms. The van der Waals surface area contributed by atoms with Crippen LogP contribution in [0.1, 0.15) is 18.4 Å². The van der Waals surface area contributed by atoms with E-state index in [0.29, 0.717) is 19.4 Å². The number of carboxylic acid groups (broad SMARTS) is 1. The number of nitrogens with zero attached hydrogens (tertiary/aromatic N) is 1. The molecule has 1 aromatic rings. The summed E-state index contributed by atoms with van der Waals surface area (Å²) in [5.74, 6) is -1.22. The summed E-state index contributed by atoms with van der Waals surface area (Å²) in [6.07, 6.45) is 1.67. The van der Waals surface area contributed by atoms with E-state index in [1.54, 1.807) is 0 Å². The van der Waals surface area contributed by atoms with Crippen LogP contribution in [0.15, 0.2) is 30.3 Å². The molecule has 1 fully saturated rings. The summed E-state index contributed by atoms with van der Waals surface area (Å²) in [5.41, 5.74) is 6.89. The zero-order chi connectivity index (χ0) is 13.8. The Balaban J connectivity index is 0.00000200. The van der Waals surface area contributed by atoms with Gasteiger partial charge in [-0.2, -0.15) is 0 Å². The Morgan fingerprint density at radius 3 is 2.60 bits per heavy atom. The van der Waals surface area contributed by atoms with Crippen LogP contribution >= 0.6 is 0 Å². The number of benzene rings is 1. The normalized spacial score (nSPS) is 19.2. The van der Waals surface area contributed by atoms with Crippen molar-refractivity contribution in [2.45, 2.75) is 31.3 Å². The average molecular weight is 326 g/mol. The molecular weight excluding hydrogens is 308 g/mol. The third-order valence-electron chi connectivity index (χ3n) is 3.44. The third kappa shape index (κ3) is 3.82. The number of hydrogen-bond donors (Lipinski definition) is 2. The van der Waals surface area contributed by atoms with Crippen molar-refractivity contribution in [2.24, 2.45) is 5.73 Å². The molecule has 0 aliphatic carbocycles. The van der Waals surface area contributed by atoms with Crippen molar-refractivity contribution in [2.75, 3.05) is 6.54 Å². The van der Waals surface area contributed by atoms with E-state index in [9.17, 15) is 9.59 Å². The van der Waals surface area contributed by atoms with Crippen molar-refractivity contribution in [3.05, 3.63) is 35.9 Å². The number of rotatable bonds is 4. The number of carbonyl (C=O) groups is 2. The fraction of sp³-hybridized carbons (Fsp3) is 0.429. The summed E-state index contributed by atoms with van der Waals surface area (Å²) < 4.78 is 0. The molecule has 0 saturated carbocycles. The van der Waals surface area contributed by atoms with Gasteiger partial charge in [0.2, 0.25) is 5.91 Å². The summed E-state index contributed by atoms with van der Waals surface area (Å²) in [4.78, 5) is 24.7. The van der Waals surface area contributed by atoms with Crippen LogP contribution in [0.3, 0.4) is 0 Å². The maximum Gasteiger partial charge on any atom is 0.326 e. The van der Waals surface area contributed by atoms with E-state index in [-0.39, 0.29) is 23.0 Å². The second-order valence-electron chi connectivity index (χ2n) is 4.82. The monoisotopic (exact) mass is 325 g/mol. The summed E-state index contributed by atoms with van der Waals surface area (Å²) >= 11 is 0. The van der Waals surface area contributed by atoms with Gasteiger partial charge in [-0.25, -0.2) is 4.79 Å². The van der Waals surface area contributed by atoms with Crippen molar-refractivity contribution in [1.82, 2.24) is 4.90 Å². The molecule has 2 unspecified atom stereocenters. The molecule has 5 nitrogen and oxygen atoms in total. The molecular formula is C14H18CuN2O3. The molecule has 1 radical (unpaired) electrons. The number of carbonyl (C=O) groups excluding carboxylic acids is 1. The molecule has 1 aromatic carbocycles.